The minimum Gasteiger partial charge on any atom is -0.378 e. The highest BCUT2D eigenvalue weighted by molar-refractivity contribution is 6.17. The van der Waals surface area contributed by atoms with Crippen molar-refractivity contribution in [2.75, 3.05) is 12.5 Å². The number of hydrogen-bond donors (Lipinski definition) is 1. The number of rotatable bonds is 7. The number of nitrogens with one attached hydrogen (secondary N) is 1. The maximum atomic E-state index is 12.0. The maximum absolute atomic E-state index is 12.0. The molecule has 0 aromatic heterocycles. The Morgan fingerprint density at radius 2 is 2.05 bits per heavy atom. The van der Waals surface area contributed by atoms with E-state index in [4.69, 9.17) is 16.3 Å². The third-order valence-corrected chi connectivity index (χ3v) is 4.07. The minimum absolute atomic E-state index is 0.0536. The van der Waals surface area contributed by atoms with E-state index in [-0.39, 0.29) is 17.4 Å². The number of carbonyl (C=O) groups is 1. The number of hydrogen-bond acceptors (Lipinski definition) is 2. The van der Waals surface area contributed by atoms with Crippen molar-refractivity contribution in [1.29, 1.82) is 0 Å². The van der Waals surface area contributed by atoms with E-state index in [0.29, 0.717) is 24.3 Å². The second-order valence-corrected chi connectivity index (χ2v) is 6.96. The first-order valence-corrected chi connectivity index (χ1v) is 7.87. The summed E-state index contributed by atoms with van der Waals surface area (Å²) in [5.41, 5.74) is 0.0536. The van der Waals surface area contributed by atoms with Gasteiger partial charge in [0.25, 0.3) is 0 Å². The van der Waals surface area contributed by atoms with E-state index in [1.165, 1.54) is 0 Å². The molecule has 19 heavy (non-hydrogen) atoms. The van der Waals surface area contributed by atoms with Gasteiger partial charge in [-0.1, -0.05) is 20.8 Å². The summed E-state index contributed by atoms with van der Waals surface area (Å²) in [4.78, 5) is 12.0. The average Bonchev–Trinajstić information content (AvgIpc) is 2.24. The molecule has 3 nitrogen and oxygen atoms in total. The first-order chi connectivity index (χ1) is 8.86. The largest absolute Gasteiger partial charge is 0.378 e. The second kappa shape index (κ2) is 7.49. The normalized spacial score (nSPS) is 24.7. The van der Waals surface area contributed by atoms with Crippen LogP contribution < -0.4 is 5.32 Å². The molecule has 1 unspecified atom stereocenters. The van der Waals surface area contributed by atoms with E-state index >= 15 is 0 Å². The molecule has 1 aliphatic carbocycles. The lowest BCUT2D eigenvalue weighted by atomic mass is 9.79. The Hall–Kier alpha value is -0.280. The molecule has 0 saturated heterocycles. The van der Waals surface area contributed by atoms with Crippen molar-refractivity contribution in [2.45, 2.75) is 65.5 Å². The third-order valence-electron chi connectivity index (χ3n) is 3.85. The summed E-state index contributed by atoms with van der Waals surface area (Å²) in [6.45, 7) is 9.20. The molecule has 0 radical (unpaired) electrons. The van der Waals surface area contributed by atoms with Crippen molar-refractivity contribution in [3.63, 3.8) is 0 Å². The highest BCUT2D eigenvalue weighted by Crippen LogP contribution is 2.33. The van der Waals surface area contributed by atoms with E-state index in [2.05, 4.69) is 26.1 Å². The Bertz CT molecular complexity index is 282. The molecule has 1 amide bonds. The molecule has 1 fully saturated rings. The Kier molecular flexibility index (Phi) is 6.61. The third kappa shape index (κ3) is 5.70. The average molecular weight is 290 g/mol. The van der Waals surface area contributed by atoms with Crippen LogP contribution in [0.1, 0.15) is 53.4 Å². The lowest BCUT2D eigenvalue weighted by Gasteiger charge is -2.36. The van der Waals surface area contributed by atoms with Crippen LogP contribution in [-0.4, -0.2) is 30.5 Å². The molecular weight excluding hydrogens is 262 g/mol. The fourth-order valence-corrected chi connectivity index (χ4v) is 2.78. The van der Waals surface area contributed by atoms with Crippen LogP contribution in [0, 0.1) is 11.3 Å². The van der Waals surface area contributed by atoms with Crippen molar-refractivity contribution < 1.29 is 9.53 Å². The van der Waals surface area contributed by atoms with Gasteiger partial charge in [-0.25, -0.2) is 0 Å². The Morgan fingerprint density at radius 1 is 1.42 bits per heavy atom. The summed E-state index contributed by atoms with van der Waals surface area (Å²) in [6.07, 6.45) is 3.87. The summed E-state index contributed by atoms with van der Waals surface area (Å²) < 4.78 is 5.51. The van der Waals surface area contributed by atoms with Crippen LogP contribution in [0.25, 0.3) is 0 Å². The Labute approximate surface area is 122 Å². The number of ether oxygens (including phenoxy) is 1. The summed E-state index contributed by atoms with van der Waals surface area (Å²) in [5, 5.41) is 3.14. The van der Waals surface area contributed by atoms with Gasteiger partial charge in [-0.2, -0.15) is 0 Å². The van der Waals surface area contributed by atoms with E-state index in [0.717, 1.165) is 25.9 Å². The summed E-state index contributed by atoms with van der Waals surface area (Å²) in [6, 6.07) is 0.153. The zero-order chi connectivity index (χ0) is 14.5. The molecule has 0 heterocycles. The molecule has 1 aliphatic rings. The number of halogens is 1. The molecule has 0 spiro atoms. The molecule has 0 bridgehead atoms. The summed E-state index contributed by atoms with van der Waals surface area (Å²) in [5.74, 6) is 1.23. The van der Waals surface area contributed by atoms with Crippen LogP contribution in [-0.2, 0) is 9.53 Å². The Morgan fingerprint density at radius 3 is 2.53 bits per heavy atom. The van der Waals surface area contributed by atoms with Crippen LogP contribution in [0.2, 0.25) is 0 Å². The summed E-state index contributed by atoms with van der Waals surface area (Å²) >= 11 is 5.82. The highest BCUT2D eigenvalue weighted by Gasteiger charge is 2.32. The highest BCUT2D eigenvalue weighted by atomic mass is 35.5. The second-order valence-electron chi connectivity index (χ2n) is 6.58. The van der Waals surface area contributed by atoms with Gasteiger partial charge in [-0.3, -0.25) is 4.79 Å². The fraction of sp³-hybridized carbons (Fsp3) is 0.933. The molecule has 0 aliphatic heterocycles. The van der Waals surface area contributed by atoms with Gasteiger partial charge in [0.1, 0.15) is 0 Å². The fourth-order valence-electron chi connectivity index (χ4n) is 2.56. The first kappa shape index (κ1) is 16.8. The molecule has 1 saturated carbocycles. The zero-order valence-corrected chi connectivity index (χ0v) is 13.4. The quantitative estimate of drug-likeness (QED) is 0.730. The van der Waals surface area contributed by atoms with E-state index in [1.807, 2.05) is 6.92 Å². The summed E-state index contributed by atoms with van der Waals surface area (Å²) in [7, 11) is 0. The van der Waals surface area contributed by atoms with Crippen LogP contribution in [0.5, 0.6) is 0 Å². The van der Waals surface area contributed by atoms with Gasteiger partial charge in [0, 0.05) is 24.9 Å². The van der Waals surface area contributed by atoms with Gasteiger partial charge in [0.05, 0.1) is 6.10 Å². The van der Waals surface area contributed by atoms with Crippen LogP contribution in [0.4, 0.5) is 0 Å². The molecule has 1 N–H and O–H groups in total. The van der Waals surface area contributed by atoms with Crippen molar-refractivity contribution in [2.24, 2.45) is 11.3 Å². The molecule has 1 rings (SSSR count). The first-order valence-electron chi connectivity index (χ1n) is 7.33. The monoisotopic (exact) mass is 289 g/mol. The standard InChI is InChI=1S/C15H28ClNO2/c1-5-19-12-8-11(9-12)10-14(18)17-13(6-7-16)15(2,3)4/h11-13H,5-10H2,1-4H3,(H,17,18). The predicted molar refractivity (Wildman–Crippen MR) is 79.5 cm³/mol. The molecule has 4 heteroatoms. The number of carbonyl (C=O) groups excluding carboxylic acids is 1. The SMILES string of the molecule is CCOC1CC(CC(=O)NC(CCCl)C(C)(C)C)C1. The van der Waals surface area contributed by atoms with Gasteiger partial charge in [-0.05, 0) is 37.5 Å². The number of amides is 1. The van der Waals surface area contributed by atoms with Gasteiger partial charge in [-0.15, -0.1) is 11.6 Å². The lowest BCUT2D eigenvalue weighted by Crippen LogP contribution is -2.45. The van der Waals surface area contributed by atoms with Gasteiger partial charge < -0.3 is 10.1 Å². The van der Waals surface area contributed by atoms with Crippen LogP contribution in [0.3, 0.4) is 0 Å². The predicted octanol–water partition coefficient (Wildman–Crippen LogP) is 3.35. The molecule has 112 valence electrons. The van der Waals surface area contributed by atoms with Gasteiger partial charge in [0.15, 0.2) is 0 Å². The lowest BCUT2D eigenvalue weighted by molar-refractivity contribution is -0.125. The van der Waals surface area contributed by atoms with Crippen LogP contribution in [0.15, 0.2) is 0 Å². The molecule has 0 aromatic rings. The molecule has 1 atom stereocenters. The maximum Gasteiger partial charge on any atom is 0.220 e. The zero-order valence-electron chi connectivity index (χ0n) is 12.7. The van der Waals surface area contributed by atoms with Crippen molar-refractivity contribution >= 4 is 17.5 Å². The smallest absolute Gasteiger partial charge is 0.220 e. The van der Waals surface area contributed by atoms with Crippen molar-refractivity contribution in [3.8, 4) is 0 Å². The van der Waals surface area contributed by atoms with E-state index in [9.17, 15) is 4.79 Å². The molecule has 0 aromatic carbocycles. The van der Waals surface area contributed by atoms with Gasteiger partial charge >= 0.3 is 0 Å². The van der Waals surface area contributed by atoms with Gasteiger partial charge in [0.2, 0.25) is 5.91 Å². The molecular formula is C15H28ClNO2. The van der Waals surface area contributed by atoms with Crippen molar-refractivity contribution in [3.05, 3.63) is 0 Å². The Balaban J connectivity index is 2.30. The van der Waals surface area contributed by atoms with E-state index < -0.39 is 0 Å². The van der Waals surface area contributed by atoms with E-state index in [1.54, 1.807) is 0 Å². The topological polar surface area (TPSA) is 38.3 Å². The number of alkyl halides is 1. The van der Waals surface area contributed by atoms with Crippen LogP contribution >= 0.6 is 11.6 Å². The minimum atomic E-state index is 0.0536. The van der Waals surface area contributed by atoms with Crippen molar-refractivity contribution in [1.82, 2.24) is 5.32 Å².